The average Bonchev–Trinajstić information content (AvgIpc) is 3.08. The standard InChI is InChI=1S/C17H17N3O3S2/c1-24-12-4-2-11(3-5-12)10-18-14(21)6-8-20-16(22)15-13(7-9-25-15)19-17(20)23/h2-5,7,9H,6,8,10H2,1H3,(H,18,21)(H,19,23). The molecule has 130 valence electrons. The van der Waals surface area contributed by atoms with E-state index in [1.165, 1.54) is 11.3 Å². The van der Waals surface area contributed by atoms with Crippen molar-refractivity contribution in [3.63, 3.8) is 0 Å². The fourth-order valence-electron chi connectivity index (χ4n) is 2.42. The molecular weight excluding hydrogens is 358 g/mol. The molecule has 2 N–H and O–H groups in total. The summed E-state index contributed by atoms with van der Waals surface area (Å²) in [6, 6.07) is 9.63. The van der Waals surface area contributed by atoms with Crippen LogP contribution in [0.5, 0.6) is 0 Å². The van der Waals surface area contributed by atoms with Gasteiger partial charge < -0.3 is 10.3 Å². The molecule has 1 amide bonds. The fourth-order valence-corrected chi connectivity index (χ4v) is 3.63. The summed E-state index contributed by atoms with van der Waals surface area (Å²) in [5.41, 5.74) is 0.695. The summed E-state index contributed by atoms with van der Waals surface area (Å²) in [6.07, 6.45) is 2.08. The highest BCUT2D eigenvalue weighted by atomic mass is 32.2. The Labute approximate surface area is 151 Å². The lowest BCUT2D eigenvalue weighted by molar-refractivity contribution is -0.121. The van der Waals surface area contributed by atoms with Gasteiger partial charge in [-0.2, -0.15) is 0 Å². The predicted molar refractivity (Wildman–Crippen MR) is 101 cm³/mol. The maximum Gasteiger partial charge on any atom is 0.328 e. The largest absolute Gasteiger partial charge is 0.352 e. The minimum Gasteiger partial charge on any atom is -0.352 e. The van der Waals surface area contributed by atoms with E-state index in [0.29, 0.717) is 16.8 Å². The molecular formula is C17H17N3O3S2. The molecule has 6 nitrogen and oxygen atoms in total. The van der Waals surface area contributed by atoms with E-state index in [4.69, 9.17) is 0 Å². The molecule has 0 atom stereocenters. The lowest BCUT2D eigenvalue weighted by Crippen LogP contribution is -2.36. The molecule has 0 aliphatic rings. The molecule has 2 heterocycles. The Morgan fingerprint density at radius 1 is 1.24 bits per heavy atom. The van der Waals surface area contributed by atoms with Crippen LogP contribution in [0.1, 0.15) is 12.0 Å². The first-order chi connectivity index (χ1) is 12.1. The number of nitrogens with one attached hydrogen (secondary N) is 2. The van der Waals surface area contributed by atoms with Crippen LogP contribution in [0.15, 0.2) is 50.2 Å². The molecule has 0 fully saturated rings. The van der Waals surface area contributed by atoms with Crippen molar-refractivity contribution in [1.82, 2.24) is 14.9 Å². The summed E-state index contributed by atoms with van der Waals surface area (Å²) >= 11 is 2.94. The van der Waals surface area contributed by atoms with E-state index in [9.17, 15) is 14.4 Å². The molecule has 25 heavy (non-hydrogen) atoms. The molecule has 0 bridgehead atoms. The van der Waals surface area contributed by atoms with Gasteiger partial charge in [0.05, 0.1) is 5.52 Å². The van der Waals surface area contributed by atoms with Crippen molar-refractivity contribution in [3.05, 3.63) is 62.1 Å². The number of hydrogen-bond acceptors (Lipinski definition) is 5. The van der Waals surface area contributed by atoms with Crippen molar-refractivity contribution in [2.45, 2.75) is 24.4 Å². The number of thiophene rings is 1. The minimum atomic E-state index is -0.489. The summed E-state index contributed by atoms with van der Waals surface area (Å²) in [6.45, 7) is 0.474. The van der Waals surface area contributed by atoms with Gasteiger partial charge in [0.1, 0.15) is 4.70 Å². The Morgan fingerprint density at radius 2 is 2.00 bits per heavy atom. The molecule has 0 aliphatic heterocycles. The summed E-state index contributed by atoms with van der Waals surface area (Å²) in [7, 11) is 0. The van der Waals surface area contributed by atoms with Crippen LogP contribution in [0.25, 0.3) is 10.2 Å². The predicted octanol–water partition coefficient (Wildman–Crippen LogP) is 2.18. The van der Waals surface area contributed by atoms with Gasteiger partial charge in [-0.3, -0.25) is 14.2 Å². The normalized spacial score (nSPS) is 10.9. The van der Waals surface area contributed by atoms with Crippen molar-refractivity contribution in [1.29, 1.82) is 0 Å². The second-order valence-electron chi connectivity index (χ2n) is 5.43. The SMILES string of the molecule is CSc1ccc(CNC(=O)CCn2c(=O)[nH]c3ccsc3c2=O)cc1. The molecule has 0 unspecified atom stereocenters. The molecule has 3 rings (SSSR count). The number of nitrogens with zero attached hydrogens (tertiary/aromatic N) is 1. The lowest BCUT2D eigenvalue weighted by Gasteiger charge is -2.07. The van der Waals surface area contributed by atoms with Gasteiger partial charge in [-0.05, 0) is 35.4 Å². The third-order valence-corrected chi connectivity index (χ3v) is 5.45. The third kappa shape index (κ3) is 4.02. The second kappa shape index (κ2) is 7.71. The van der Waals surface area contributed by atoms with Crippen molar-refractivity contribution >= 4 is 39.2 Å². The zero-order chi connectivity index (χ0) is 17.8. The molecule has 3 aromatic rings. The number of carbonyl (C=O) groups is 1. The van der Waals surface area contributed by atoms with Crippen LogP contribution in [-0.4, -0.2) is 21.7 Å². The number of thioether (sulfide) groups is 1. The van der Waals surface area contributed by atoms with Gasteiger partial charge in [0.25, 0.3) is 5.56 Å². The topological polar surface area (TPSA) is 84.0 Å². The maximum absolute atomic E-state index is 12.3. The second-order valence-corrected chi connectivity index (χ2v) is 7.22. The maximum atomic E-state index is 12.3. The number of rotatable bonds is 6. The summed E-state index contributed by atoms with van der Waals surface area (Å²) in [5.74, 6) is -0.202. The van der Waals surface area contributed by atoms with E-state index in [1.54, 1.807) is 23.2 Å². The monoisotopic (exact) mass is 375 g/mol. The van der Waals surface area contributed by atoms with Crippen LogP contribution < -0.4 is 16.6 Å². The first kappa shape index (κ1) is 17.5. The van der Waals surface area contributed by atoms with Gasteiger partial charge in [-0.15, -0.1) is 23.1 Å². The van der Waals surface area contributed by atoms with Gasteiger partial charge >= 0.3 is 5.69 Å². The van der Waals surface area contributed by atoms with Crippen LogP contribution in [-0.2, 0) is 17.9 Å². The lowest BCUT2D eigenvalue weighted by atomic mass is 10.2. The van der Waals surface area contributed by atoms with Gasteiger partial charge in [0.2, 0.25) is 5.91 Å². The van der Waals surface area contributed by atoms with Crippen molar-refractivity contribution in [2.24, 2.45) is 0 Å². The Balaban J connectivity index is 1.60. The van der Waals surface area contributed by atoms with Gasteiger partial charge in [0.15, 0.2) is 0 Å². The Morgan fingerprint density at radius 3 is 2.72 bits per heavy atom. The highest BCUT2D eigenvalue weighted by Crippen LogP contribution is 2.14. The highest BCUT2D eigenvalue weighted by molar-refractivity contribution is 7.98. The van der Waals surface area contributed by atoms with Crippen molar-refractivity contribution < 1.29 is 4.79 Å². The van der Waals surface area contributed by atoms with E-state index in [1.807, 2.05) is 30.5 Å². The number of benzene rings is 1. The van der Waals surface area contributed by atoms with Crippen LogP contribution in [0.3, 0.4) is 0 Å². The minimum absolute atomic E-state index is 0.0548. The summed E-state index contributed by atoms with van der Waals surface area (Å²) < 4.78 is 1.57. The van der Waals surface area contributed by atoms with E-state index >= 15 is 0 Å². The van der Waals surface area contributed by atoms with Gasteiger partial charge in [0, 0.05) is 24.4 Å². The number of fused-ring (bicyclic) bond motifs is 1. The fraction of sp³-hybridized carbons (Fsp3) is 0.235. The van der Waals surface area contributed by atoms with Crippen LogP contribution in [0, 0.1) is 0 Å². The number of hydrogen-bond donors (Lipinski definition) is 2. The van der Waals surface area contributed by atoms with E-state index < -0.39 is 5.69 Å². The zero-order valence-corrected chi connectivity index (χ0v) is 15.2. The number of aromatic amines is 1. The van der Waals surface area contributed by atoms with Crippen LogP contribution in [0.2, 0.25) is 0 Å². The molecule has 8 heteroatoms. The van der Waals surface area contributed by atoms with Gasteiger partial charge in [-0.1, -0.05) is 12.1 Å². The third-order valence-electron chi connectivity index (χ3n) is 3.80. The molecule has 2 aromatic heterocycles. The van der Waals surface area contributed by atoms with Crippen LogP contribution in [0.4, 0.5) is 0 Å². The average molecular weight is 375 g/mol. The smallest absolute Gasteiger partial charge is 0.328 e. The van der Waals surface area contributed by atoms with Crippen molar-refractivity contribution in [3.8, 4) is 0 Å². The quantitative estimate of drug-likeness (QED) is 0.647. The first-order valence-electron chi connectivity index (χ1n) is 7.68. The number of amides is 1. The molecule has 0 spiro atoms. The molecule has 0 radical (unpaired) electrons. The molecule has 0 saturated carbocycles. The summed E-state index contributed by atoms with van der Waals surface area (Å²) in [5, 5.41) is 4.56. The van der Waals surface area contributed by atoms with Crippen LogP contribution >= 0.6 is 23.1 Å². The zero-order valence-electron chi connectivity index (χ0n) is 13.6. The van der Waals surface area contributed by atoms with Crippen molar-refractivity contribution in [2.75, 3.05) is 6.26 Å². The highest BCUT2D eigenvalue weighted by Gasteiger charge is 2.10. The number of aromatic nitrogens is 2. The molecule has 0 saturated heterocycles. The molecule has 1 aromatic carbocycles. The Bertz CT molecular complexity index is 1000. The number of carbonyl (C=O) groups excluding carboxylic acids is 1. The molecule has 0 aliphatic carbocycles. The van der Waals surface area contributed by atoms with E-state index in [-0.39, 0.29) is 24.4 Å². The van der Waals surface area contributed by atoms with Gasteiger partial charge in [-0.25, -0.2) is 4.79 Å². The Hall–Kier alpha value is -2.32. The number of H-pyrrole nitrogens is 1. The van der Waals surface area contributed by atoms with E-state index in [0.717, 1.165) is 15.0 Å². The van der Waals surface area contributed by atoms with E-state index in [2.05, 4.69) is 10.3 Å². The first-order valence-corrected chi connectivity index (χ1v) is 9.79. The summed E-state index contributed by atoms with van der Waals surface area (Å²) in [4.78, 5) is 40.1. The Kier molecular flexibility index (Phi) is 5.40.